The smallest absolute Gasteiger partial charge is 0.304 e. The van der Waals surface area contributed by atoms with Crippen molar-refractivity contribution in [2.45, 2.75) is 12.8 Å². The monoisotopic (exact) mass is 210 g/mol. The van der Waals surface area contributed by atoms with Gasteiger partial charge in [-0.1, -0.05) is 0 Å². The van der Waals surface area contributed by atoms with E-state index in [9.17, 15) is 8.78 Å². The number of methoxy groups -OCH3 is 1. The molecule has 0 aliphatic rings. The summed E-state index contributed by atoms with van der Waals surface area (Å²) in [4.78, 5) is 0. The Hall–Kier alpha value is -0.680. The summed E-state index contributed by atoms with van der Waals surface area (Å²) in [5, 5.41) is 0. The molecule has 0 atom stereocenters. The fourth-order valence-electron chi connectivity index (χ4n) is 0.756. The molecule has 0 N–H and O–H groups in total. The number of hydrogen-bond donors (Lipinski definition) is 0. The van der Waals surface area contributed by atoms with Crippen LogP contribution in [0.3, 0.4) is 0 Å². The van der Waals surface area contributed by atoms with Crippen molar-refractivity contribution in [2.75, 3.05) is 33.5 Å². The Kier molecular flexibility index (Phi) is 9.90. The summed E-state index contributed by atoms with van der Waals surface area (Å²) in [6.45, 7) is 2.04. The van der Waals surface area contributed by atoms with Gasteiger partial charge in [-0.25, -0.2) is 0 Å². The number of hydrogen-bond acceptors (Lipinski definition) is 3. The second-order valence-electron chi connectivity index (χ2n) is 2.59. The lowest BCUT2D eigenvalue weighted by Gasteiger charge is -2.03. The van der Waals surface area contributed by atoms with Crippen LogP contribution in [-0.2, 0) is 14.2 Å². The highest BCUT2D eigenvalue weighted by Crippen LogP contribution is 1.98. The maximum absolute atomic E-state index is 11.4. The maximum atomic E-state index is 11.4. The Balaban J connectivity index is 2.96. The van der Waals surface area contributed by atoms with Gasteiger partial charge in [0.1, 0.15) is 6.26 Å². The van der Waals surface area contributed by atoms with Gasteiger partial charge in [0, 0.05) is 13.7 Å². The predicted molar refractivity (Wildman–Crippen MR) is 48.2 cm³/mol. The molecule has 0 saturated heterocycles. The average molecular weight is 210 g/mol. The first-order chi connectivity index (χ1) is 6.77. The molecule has 0 saturated carbocycles. The van der Waals surface area contributed by atoms with Crippen LogP contribution < -0.4 is 0 Å². The first kappa shape index (κ1) is 13.3. The SMILES string of the molecule is COCCOCCCCOC=C(F)F. The summed E-state index contributed by atoms with van der Waals surface area (Å²) in [6.07, 6.45) is 0.162. The minimum atomic E-state index is -1.80. The van der Waals surface area contributed by atoms with Crippen LogP contribution in [0.1, 0.15) is 12.8 Å². The summed E-state index contributed by atoms with van der Waals surface area (Å²) < 4.78 is 37.4. The van der Waals surface area contributed by atoms with Crippen LogP contribution in [-0.4, -0.2) is 33.5 Å². The summed E-state index contributed by atoms with van der Waals surface area (Å²) in [5.41, 5.74) is 0. The predicted octanol–water partition coefficient (Wildman–Crippen LogP) is 2.18. The highest BCUT2D eigenvalue weighted by atomic mass is 19.3. The van der Waals surface area contributed by atoms with E-state index in [0.29, 0.717) is 39.1 Å². The third-order valence-electron chi connectivity index (χ3n) is 1.41. The van der Waals surface area contributed by atoms with Gasteiger partial charge in [-0.2, -0.15) is 8.78 Å². The molecule has 0 amide bonds. The number of ether oxygens (including phenoxy) is 3. The fraction of sp³-hybridized carbons (Fsp3) is 0.778. The van der Waals surface area contributed by atoms with Gasteiger partial charge in [0.05, 0.1) is 19.8 Å². The molecule has 5 heteroatoms. The van der Waals surface area contributed by atoms with Crippen LogP contribution in [0, 0.1) is 0 Å². The average Bonchev–Trinajstić information content (AvgIpc) is 2.15. The molecule has 0 spiro atoms. The molecule has 0 aromatic heterocycles. The molecule has 0 aromatic rings. The molecule has 84 valence electrons. The van der Waals surface area contributed by atoms with E-state index in [0.717, 1.165) is 6.42 Å². The van der Waals surface area contributed by atoms with Gasteiger partial charge in [-0.15, -0.1) is 0 Å². The lowest BCUT2D eigenvalue weighted by atomic mass is 10.3. The van der Waals surface area contributed by atoms with E-state index in [1.807, 2.05) is 0 Å². The largest absolute Gasteiger partial charge is 0.496 e. The van der Waals surface area contributed by atoms with Crippen LogP contribution >= 0.6 is 0 Å². The van der Waals surface area contributed by atoms with Gasteiger partial charge >= 0.3 is 6.08 Å². The standard InChI is InChI=1S/C9H16F2O3/c1-12-6-7-13-4-2-3-5-14-8-9(10)11/h8H,2-7H2,1H3. The third kappa shape index (κ3) is 11.3. The van der Waals surface area contributed by atoms with Gasteiger partial charge in [0.2, 0.25) is 0 Å². The summed E-state index contributed by atoms with van der Waals surface area (Å²) in [5.74, 6) is 0. The normalized spacial score (nSPS) is 9.93. The molecule has 14 heavy (non-hydrogen) atoms. The third-order valence-corrected chi connectivity index (χ3v) is 1.41. The van der Waals surface area contributed by atoms with E-state index in [1.54, 1.807) is 7.11 Å². The molecule has 0 heterocycles. The molecule has 0 aliphatic heterocycles. The van der Waals surface area contributed by atoms with Crippen molar-refractivity contribution in [2.24, 2.45) is 0 Å². The fourth-order valence-corrected chi connectivity index (χ4v) is 0.756. The highest BCUT2D eigenvalue weighted by Gasteiger charge is 1.91. The van der Waals surface area contributed by atoms with Crippen LogP contribution in [0.15, 0.2) is 12.3 Å². The summed E-state index contributed by atoms with van der Waals surface area (Å²) in [6, 6.07) is 0. The van der Waals surface area contributed by atoms with Gasteiger partial charge < -0.3 is 14.2 Å². The molecule has 0 rings (SSSR count). The Morgan fingerprint density at radius 3 is 2.43 bits per heavy atom. The van der Waals surface area contributed by atoms with E-state index in [2.05, 4.69) is 4.74 Å². The van der Waals surface area contributed by atoms with Crippen molar-refractivity contribution < 1.29 is 23.0 Å². The first-order valence-electron chi connectivity index (χ1n) is 4.47. The molecule has 0 bridgehead atoms. The number of halogens is 2. The minimum Gasteiger partial charge on any atom is -0.496 e. The quantitative estimate of drug-likeness (QED) is 0.431. The number of unbranched alkanes of at least 4 members (excludes halogenated alkanes) is 1. The zero-order valence-electron chi connectivity index (χ0n) is 8.30. The Labute approximate surface area is 82.6 Å². The van der Waals surface area contributed by atoms with E-state index < -0.39 is 6.08 Å². The van der Waals surface area contributed by atoms with Gasteiger partial charge in [0.15, 0.2) is 0 Å². The van der Waals surface area contributed by atoms with Crippen LogP contribution in [0.4, 0.5) is 8.78 Å². The first-order valence-corrected chi connectivity index (χ1v) is 4.47. The molecule has 0 aliphatic carbocycles. The van der Waals surface area contributed by atoms with E-state index >= 15 is 0 Å². The lowest BCUT2D eigenvalue weighted by molar-refractivity contribution is 0.0664. The molecule has 0 fully saturated rings. The summed E-state index contributed by atoms with van der Waals surface area (Å²) >= 11 is 0. The lowest BCUT2D eigenvalue weighted by Crippen LogP contribution is -2.03. The van der Waals surface area contributed by atoms with E-state index in [1.165, 1.54) is 0 Å². The van der Waals surface area contributed by atoms with Crippen LogP contribution in [0.5, 0.6) is 0 Å². The Morgan fingerprint density at radius 1 is 1.07 bits per heavy atom. The molecule has 0 unspecified atom stereocenters. The molecule has 0 aromatic carbocycles. The molecule has 0 radical (unpaired) electrons. The maximum Gasteiger partial charge on any atom is 0.304 e. The number of rotatable bonds is 9. The van der Waals surface area contributed by atoms with Crippen LogP contribution in [0.2, 0.25) is 0 Å². The van der Waals surface area contributed by atoms with Crippen LogP contribution in [0.25, 0.3) is 0 Å². The highest BCUT2D eigenvalue weighted by molar-refractivity contribution is 4.69. The van der Waals surface area contributed by atoms with Crippen molar-refractivity contribution in [1.82, 2.24) is 0 Å². The Bertz CT molecular complexity index is 147. The minimum absolute atomic E-state index is 0.297. The molecule has 3 nitrogen and oxygen atoms in total. The Morgan fingerprint density at radius 2 is 1.79 bits per heavy atom. The molecular weight excluding hydrogens is 194 g/mol. The van der Waals surface area contributed by atoms with E-state index in [4.69, 9.17) is 9.47 Å². The second kappa shape index (κ2) is 10.4. The van der Waals surface area contributed by atoms with Crippen molar-refractivity contribution in [3.8, 4) is 0 Å². The zero-order chi connectivity index (χ0) is 10.6. The van der Waals surface area contributed by atoms with Crippen molar-refractivity contribution >= 4 is 0 Å². The topological polar surface area (TPSA) is 27.7 Å². The van der Waals surface area contributed by atoms with Crippen molar-refractivity contribution in [3.05, 3.63) is 12.3 Å². The van der Waals surface area contributed by atoms with Gasteiger partial charge in [-0.3, -0.25) is 0 Å². The van der Waals surface area contributed by atoms with Crippen molar-refractivity contribution in [1.29, 1.82) is 0 Å². The van der Waals surface area contributed by atoms with Gasteiger partial charge in [0.25, 0.3) is 0 Å². The second-order valence-corrected chi connectivity index (χ2v) is 2.59. The van der Waals surface area contributed by atoms with Crippen molar-refractivity contribution in [3.63, 3.8) is 0 Å². The molecular formula is C9H16F2O3. The van der Waals surface area contributed by atoms with Gasteiger partial charge in [-0.05, 0) is 12.8 Å². The van der Waals surface area contributed by atoms with E-state index in [-0.39, 0.29) is 0 Å². The summed E-state index contributed by atoms with van der Waals surface area (Å²) in [7, 11) is 1.61. The zero-order valence-corrected chi connectivity index (χ0v) is 8.30.